The van der Waals surface area contributed by atoms with Gasteiger partial charge in [0.1, 0.15) is 5.75 Å². The van der Waals surface area contributed by atoms with Gasteiger partial charge in [0.2, 0.25) is 5.91 Å². The van der Waals surface area contributed by atoms with E-state index in [2.05, 4.69) is 20.3 Å². The average Bonchev–Trinajstić information content (AvgIpc) is 3.01. The molecule has 146 valence electrons. The van der Waals surface area contributed by atoms with Gasteiger partial charge in [0.05, 0.1) is 5.75 Å². The fourth-order valence-corrected chi connectivity index (χ4v) is 3.24. The molecule has 0 aliphatic rings. The summed E-state index contributed by atoms with van der Waals surface area (Å²) in [5, 5.41) is 11.6. The Kier molecular flexibility index (Phi) is 6.25. The molecule has 0 aliphatic heterocycles. The number of alkyl halides is 2. The molecule has 3 aromatic rings. The molecule has 0 spiro atoms. The second-order valence-corrected chi connectivity index (χ2v) is 6.92. The monoisotopic (exact) mass is 404 g/mol. The van der Waals surface area contributed by atoms with Gasteiger partial charge in [-0.1, -0.05) is 23.9 Å². The third-order valence-corrected chi connectivity index (χ3v) is 4.83. The Morgan fingerprint density at radius 2 is 1.96 bits per heavy atom. The Labute approximate surface area is 164 Å². The molecule has 0 fully saturated rings. The van der Waals surface area contributed by atoms with Crippen molar-refractivity contribution in [3.8, 4) is 17.1 Å². The normalized spacial score (nSPS) is 10.9. The predicted molar refractivity (Wildman–Crippen MR) is 104 cm³/mol. The zero-order valence-electron chi connectivity index (χ0n) is 15.2. The van der Waals surface area contributed by atoms with E-state index in [9.17, 15) is 13.6 Å². The van der Waals surface area contributed by atoms with Crippen molar-refractivity contribution in [1.29, 1.82) is 0 Å². The molecule has 0 bridgehead atoms. The molecule has 2 aromatic carbocycles. The number of carbonyl (C=O) groups is 1. The second kappa shape index (κ2) is 8.83. The maximum atomic E-state index is 12.2. The fourth-order valence-electron chi connectivity index (χ4n) is 2.53. The van der Waals surface area contributed by atoms with Gasteiger partial charge in [-0.15, -0.1) is 10.2 Å². The minimum Gasteiger partial charge on any atom is -0.435 e. The number of aromatic nitrogens is 3. The first-order chi connectivity index (χ1) is 13.4. The number of amides is 1. The Hall–Kier alpha value is -2.94. The number of rotatable bonds is 7. The smallest absolute Gasteiger partial charge is 0.387 e. The predicted octanol–water partition coefficient (Wildman–Crippen LogP) is 4.12. The standard InChI is InChI=1S/C19H18F2N4O2S/c1-12-4-3-5-14(10-12)22-16(26)11-28-19-24-23-17(25(19)2)13-6-8-15(9-7-13)27-18(20)21/h3-10,18H,11H2,1-2H3,(H,22,26). The van der Waals surface area contributed by atoms with Crippen molar-refractivity contribution in [3.63, 3.8) is 0 Å². The highest BCUT2D eigenvalue weighted by atomic mass is 32.2. The number of thioether (sulfide) groups is 1. The third kappa shape index (κ3) is 5.07. The van der Waals surface area contributed by atoms with E-state index in [0.29, 0.717) is 16.5 Å². The van der Waals surface area contributed by atoms with Crippen LogP contribution in [0.5, 0.6) is 5.75 Å². The van der Waals surface area contributed by atoms with Gasteiger partial charge in [-0.3, -0.25) is 4.79 Å². The van der Waals surface area contributed by atoms with Crippen molar-refractivity contribution in [3.05, 3.63) is 54.1 Å². The van der Waals surface area contributed by atoms with Crippen LogP contribution in [-0.4, -0.2) is 33.0 Å². The first-order valence-electron chi connectivity index (χ1n) is 8.36. The second-order valence-electron chi connectivity index (χ2n) is 5.97. The van der Waals surface area contributed by atoms with Crippen LogP contribution in [0.3, 0.4) is 0 Å². The summed E-state index contributed by atoms with van der Waals surface area (Å²) in [4.78, 5) is 12.1. The van der Waals surface area contributed by atoms with Crippen molar-refractivity contribution >= 4 is 23.4 Å². The molecule has 0 atom stereocenters. The first kappa shape index (κ1) is 19.8. The van der Waals surface area contributed by atoms with Crippen LogP contribution >= 0.6 is 11.8 Å². The summed E-state index contributed by atoms with van der Waals surface area (Å²) >= 11 is 1.26. The summed E-state index contributed by atoms with van der Waals surface area (Å²) in [6, 6.07) is 13.7. The van der Waals surface area contributed by atoms with Crippen molar-refractivity contribution in [2.75, 3.05) is 11.1 Å². The molecule has 6 nitrogen and oxygen atoms in total. The van der Waals surface area contributed by atoms with Crippen molar-refractivity contribution < 1.29 is 18.3 Å². The zero-order chi connectivity index (χ0) is 20.1. The molecule has 0 radical (unpaired) electrons. The number of carbonyl (C=O) groups excluding carboxylic acids is 1. The summed E-state index contributed by atoms with van der Waals surface area (Å²) in [5.41, 5.74) is 2.51. The van der Waals surface area contributed by atoms with Gasteiger partial charge >= 0.3 is 6.61 Å². The van der Waals surface area contributed by atoms with Gasteiger partial charge in [-0.05, 0) is 48.9 Å². The highest BCUT2D eigenvalue weighted by molar-refractivity contribution is 7.99. The van der Waals surface area contributed by atoms with Gasteiger partial charge in [0.15, 0.2) is 11.0 Å². The number of nitrogens with one attached hydrogen (secondary N) is 1. The maximum Gasteiger partial charge on any atom is 0.387 e. The number of hydrogen-bond acceptors (Lipinski definition) is 5. The highest BCUT2D eigenvalue weighted by Crippen LogP contribution is 2.25. The molecule has 1 amide bonds. The summed E-state index contributed by atoms with van der Waals surface area (Å²) in [5.74, 6) is 0.670. The number of nitrogens with zero attached hydrogens (tertiary/aromatic N) is 3. The number of anilines is 1. The van der Waals surface area contributed by atoms with Crippen LogP contribution in [0.1, 0.15) is 5.56 Å². The molecule has 0 saturated heterocycles. The number of aryl methyl sites for hydroxylation is 1. The van der Waals surface area contributed by atoms with Crippen LogP contribution in [0.25, 0.3) is 11.4 Å². The molecule has 1 heterocycles. The highest BCUT2D eigenvalue weighted by Gasteiger charge is 2.14. The SMILES string of the molecule is Cc1cccc(NC(=O)CSc2nnc(-c3ccc(OC(F)F)cc3)n2C)c1. The zero-order valence-corrected chi connectivity index (χ0v) is 16.0. The van der Waals surface area contributed by atoms with E-state index < -0.39 is 6.61 Å². The molecule has 0 aliphatic carbocycles. The lowest BCUT2D eigenvalue weighted by atomic mass is 10.2. The van der Waals surface area contributed by atoms with Gasteiger partial charge < -0.3 is 14.6 Å². The van der Waals surface area contributed by atoms with Crippen LogP contribution in [0.4, 0.5) is 14.5 Å². The maximum absolute atomic E-state index is 12.2. The number of hydrogen-bond donors (Lipinski definition) is 1. The van der Waals surface area contributed by atoms with Crippen LogP contribution in [0.15, 0.2) is 53.7 Å². The molecule has 9 heteroatoms. The van der Waals surface area contributed by atoms with E-state index in [1.165, 1.54) is 23.9 Å². The van der Waals surface area contributed by atoms with E-state index in [0.717, 1.165) is 11.3 Å². The number of benzene rings is 2. The van der Waals surface area contributed by atoms with E-state index in [1.807, 2.05) is 31.2 Å². The van der Waals surface area contributed by atoms with E-state index in [1.54, 1.807) is 23.7 Å². The fraction of sp³-hybridized carbons (Fsp3) is 0.211. The van der Waals surface area contributed by atoms with E-state index >= 15 is 0 Å². The van der Waals surface area contributed by atoms with E-state index in [4.69, 9.17) is 0 Å². The lowest BCUT2D eigenvalue weighted by Gasteiger charge is -2.07. The van der Waals surface area contributed by atoms with Crippen LogP contribution < -0.4 is 10.1 Å². The molecule has 1 N–H and O–H groups in total. The van der Waals surface area contributed by atoms with Crippen molar-refractivity contribution in [2.45, 2.75) is 18.7 Å². The lowest BCUT2D eigenvalue weighted by Crippen LogP contribution is -2.14. The van der Waals surface area contributed by atoms with Crippen LogP contribution in [0, 0.1) is 6.92 Å². The summed E-state index contributed by atoms with van der Waals surface area (Å²) < 4.78 is 30.5. The molecular formula is C19H18F2N4O2S. The molecule has 0 unspecified atom stereocenters. The summed E-state index contributed by atoms with van der Waals surface area (Å²) in [6.45, 7) is -0.910. The molecule has 0 saturated carbocycles. The van der Waals surface area contributed by atoms with Gasteiger partial charge in [-0.25, -0.2) is 0 Å². The van der Waals surface area contributed by atoms with Crippen LogP contribution in [-0.2, 0) is 11.8 Å². The minimum absolute atomic E-state index is 0.0725. The van der Waals surface area contributed by atoms with Gasteiger partial charge in [0.25, 0.3) is 0 Å². The third-order valence-electron chi connectivity index (χ3n) is 3.81. The molecule has 3 rings (SSSR count). The van der Waals surface area contributed by atoms with Crippen molar-refractivity contribution in [2.24, 2.45) is 7.05 Å². The Morgan fingerprint density at radius 3 is 2.64 bits per heavy atom. The Bertz CT molecular complexity index is 961. The minimum atomic E-state index is -2.87. The molecule has 1 aromatic heterocycles. The van der Waals surface area contributed by atoms with Gasteiger partial charge in [0, 0.05) is 18.3 Å². The largest absolute Gasteiger partial charge is 0.435 e. The lowest BCUT2D eigenvalue weighted by molar-refractivity contribution is -0.113. The average molecular weight is 404 g/mol. The van der Waals surface area contributed by atoms with Crippen molar-refractivity contribution in [1.82, 2.24) is 14.8 Å². The quantitative estimate of drug-likeness (QED) is 0.600. The number of ether oxygens (including phenoxy) is 1. The Balaban J connectivity index is 1.62. The molecule has 28 heavy (non-hydrogen) atoms. The summed E-state index contributed by atoms with van der Waals surface area (Å²) in [7, 11) is 1.78. The van der Waals surface area contributed by atoms with E-state index in [-0.39, 0.29) is 17.4 Å². The Morgan fingerprint density at radius 1 is 1.21 bits per heavy atom. The number of halogens is 2. The first-order valence-corrected chi connectivity index (χ1v) is 9.35. The summed E-state index contributed by atoms with van der Waals surface area (Å²) in [6.07, 6.45) is 0. The van der Waals surface area contributed by atoms with Crippen LogP contribution in [0.2, 0.25) is 0 Å². The topological polar surface area (TPSA) is 69.0 Å². The van der Waals surface area contributed by atoms with Gasteiger partial charge in [-0.2, -0.15) is 8.78 Å². The molecular weight excluding hydrogens is 386 g/mol.